The Balaban J connectivity index is 2.84. The van der Waals surface area contributed by atoms with Gasteiger partial charge in [0, 0.05) is 5.02 Å². The standard InChI is InChI=1S/C12H14ClN3O4S/c1-6-7(13)5-8-10(9(6)16-21(4,17)18)15-12(20-3)11(14-8)19-2/h5,16H,1-4H3. The molecule has 114 valence electrons. The van der Waals surface area contributed by atoms with E-state index in [1.54, 1.807) is 13.0 Å². The molecule has 0 bridgehead atoms. The summed E-state index contributed by atoms with van der Waals surface area (Å²) in [5.74, 6) is 0.346. The summed E-state index contributed by atoms with van der Waals surface area (Å²) in [7, 11) is -0.636. The van der Waals surface area contributed by atoms with Gasteiger partial charge in [0.15, 0.2) is 0 Å². The monoisotopic (exact) mass is 331 g/mol. The largest absolute Gasteiger partial charge is 0.477 e. The van der Waals surface area contributed by atoms with Gasteiger partial charge in [-0.05, 0) is 18.6 Å². The fourth-order valence-corrected chi connectivity index (χ4v) is 2.62. The van der Waals surface area contributed by atoms with Gasteiger partial charge in [-0.3, -0.25) is 4.72 Å². The number of halogens is 1. The van der Waals surface area contributed by atoms with Crippen molar-refractivity contribution in [2.45, 2.75) is 6.92 Å². The van der Waals surface area contributed by atoms with E-state index in [1.807, 2.05) is 0 Å². The van der Waals surface area contributed by atoms with Gasteiger partial charge >= 0.3 is 0 Å². The number of anilines is 1. The molecule has 7 nitrogen and oxygen atoms in total. The lowest BCUT2D eigenvalue weighted by atomic mass is 10.1. The summed E-state index contributed by atoms with van der Waals surface area (Å²) in [5, 5.41) is 0.371. The molecule has 1 N–H and O–H groups in total. The molecule has 0 aliphatic rings. The first-order valence-corrected chi connectivity index (χ1v) is 8.10. The number of hydrogen-bond donors (Lipinski definition) is 1. The zero-order valence-electron chi connectivity index (χ0n) is 11.9. The molecular weight excluding hydrogens is 318 g/mol. The molecule has 0 atom stereocenters. The van der Waals surface area contributed by atoms with Crippen molar-refractivity contribution >= 4 is 38.3 Å². The highest BCUT2D eigenvalue weighted by Crippen LogP contribution is 2.35. The number of methoxy groups -OCH3 is 2. The van der Waals surface area contributed by atoms with Gasteiger partial charge in [-0.1, -0.05) is 11.6 Å². The van der Waals surface area contributed by atoms with Crippen LogP contribution in [0.4, 0.5) is 5.69 Å². The van der Waals surface area contributed by atoms with Gasteiger partial charge in [0.1, 0.15) is 5.52 Å². The smallest absolute Gasteiger partial charge is 0.278 e. The van der Waals surface area contributed by atoms with Gasteiger partial charge in [0.05, 0.1) is 31.7 Å². The molecule has 0 fully saturated rings. The van der Waals surface area contributed by atoms with Crippen LogP contribution in [0.2, 0.25) is 5.02 Å². The van der Waals surface area contributed by atoms with Crippen molar-refractivity contribution in [1.29, 1.82) is 0 Å². The molecule has 0 aliphatic carbocycles. The molecule has 0 radical (unpaired) electrons. The second-order valence-electron chi connectivity index (χ2n) is 4.34. The quantitative estimate of drug-likeness (QED) is 0.921. The third kappa shape index (κ3) is 3.11. The number of aromatic nitrogens is 2. The molecule has 1 aromatic heterocycles. The minimum absolute atomic E-state index is 0.156. The van der Waals surface area contributed by atoms with Crippen molar-refractivity contribution in [1.82, 2.24) is 9.97 Å². The van der Waals surface area contributed by atoms with Crippen LogP contribution in [0.15, 0.2) is 6.07 Å². The second-order valence-corrected chi connectivity index (χ2v) is 6.50. The molecule has 0 saturated carbocycles. The molecule has 0 aliphatic heterocycles. The Kier molecular flexibility index (Phi) is 4.11. The molecule has 9 heteroatoms. The normalized spacial score (nSPS) is 11.5. The molecule has 0 saturated heterocycles. The average Bonchev–Trinajstić information content (AvgIpc) is 2.41. The van der Waals surface area contributed by atoms with E-state index in [2.05, 4.69) is 14.7 Å². The van der Waals surface area contributed by atoms with Crippen molar-refractivity contribution in [3.8, 4) is 11.8 Å². The number of fused-ring (bicyclic) bond motifs is 1. The third-order valence-electron chi connectivity index (χ3n) is 2.77. The maximum Gasteiger partial charge on any atom is 0.278 e. The van der Waals surface area contributed by atoms with Crippen LogP contribution in [0, 0.1) is 6.92 Å². The van der Waals surface area contributed by atoms with Crippen molar-refractivity contribution in [2.75, 3.05) is 25.2 Å². The van der Waals surface area contributed by atoms with Gasteiger partial charge in [0.2, 0.25) is 10.0 Å². The summed E-state index contributed by atoms with van der Waals surface area (Å²) in [6.07, 6.45) is 1.05. The van der Waals surface area contributed by atoms with Crippen LogP contribution in [0.25, 0.3) is 11.0 Å². The Morgan fingerprint density at radius 1 is 1.19 bits per heavy atom. The Hall–Kier alpha value is -1.80. The van der Waals surface area contributed by atoms with Crippen LogP contribution < -0.4 is 14.2 Å². The first kappa shape index (κ1) is 15.6. The van der Waals surface area contributed by atoms with Crippen molar-refractivity contribution in [3.63, 3.8) is 0 Å². The van der Waals surface area contributed by atoms with Crippen molar-refractivity contribution in [3.05, 3.63) is 16.7 Å². The van der Waals surface area contributed by atoms with Gasteiger partial charge in [-0.15, -0.1) is 0 Å². The first-order chi connectivity index (χ1) is 9.76. The van der Waals surface area contributed by atoms with Crippen molar-refractivity contribution in [2.24, 2.45) is 0 Å². The number of ether oxygens (including phenoxy) is 2. The van der Waals surface area contributed by atoms with Crippen LogP contribution in [0.1, 0.15) is 5.56 Å². The summed E-state index contributed by atoms with van der Waals surface area (Å²) in [6.45, 7) is 1.69. The lowest BCUT2D eigenvalue weighted by Gasteiger charge is -2.14. The Morgan fingerprint density at radius 3 is 2.29 bits per heavy atom. The van der Waals surface area contributed by atoms with Crippen LogP contribution in [-0.4, -0.2) is 38.9 Å². The van der Waals surface area contributed by atoms with E-state index >= 15 is 0 Å². The van der Waals surface area contributed by atoms with Crippen molar-refractivity contribution < 1.29 is 17.9 Å². The van der Waals surface area contributed by atoms with Crippen LogP contribution >= 0.6 is 11.6 Å². The van der Waals surface area contributed by atoms with E-state index in [9.17, 15) is 8.42 Å². The van der Waals surface area contributed by atoms with E-state index in [1.165, 1.54) is 14.2 Å². The maximum absolute atomic E-state index is 11.5. The number of rotatable bonds is 4. The van der Waals surface area contributed by atoms with Gasteiger partial charge in [-0.25, -0.2) is 18.4 Å². The molecule has 2 rings (SSSR count). The lowest BCUT2D eigenvalue weighted by Crippen LogP contribution is -2.12. The zero-order valence-corrected chi connectivity index (χ0v) is 13.5. The number of sulfonamides is 1. The molecular formula is C12H14ClN3O4S. The topological polar surface area (TPSA) is 90.4 Å². The summed E-state index contributed by atoms with van der Waals surface area (Å²) in [6, 6.07) is 1.59. The molecule has 2 aromatic rings. The number of nitrogens with zero attached hydrogens (tertiary/aromatic N) is 2. The maximum atomic E-state index is 11.5. The number of hydrogen-bond acceptors (Lipinski definition) is 6. The van der Waals surface area contributed by atoms with Crippen LogP contribution in [0.3, 0.4) is 0 Å². The Bertz CT molecular complexity index is 808. The predicted octanol–water partition coefficient (Wildman–Crippen LogP) is 1.98. The predicted molar refractivity (Wildman–Crippen MR) is 80.9 cm³/mol. The van der Waals surface area contributed by atoms with Gasteiger partial charge < -0.3 is 9.47 Å². The second kappa shape index (κ2) is 5.53. The molecule has 0 spiro atoms. The SMILES string of the molecule is COc1nc2cc(Cl)c(C)c(NS(C)(=O)=O)c2nc1OC. The fourth-order valence-electron chi connectivity index (χ4n) is 1.80. The minimum Gasteiger partial charge on any atom is -0.477 e. The van der Waals surface area contributed by atoms with E-state index in [0.29, 0.717) is 21.6 Å². The minimum atomic E-state index is -3.49. The molecule has 0 amide bonds. The highest BCUT2D eigenvalue weighted by molar-refractivity contribution is 7.92. The first-order valence-electron chi connectivity index (χ1n) is 5.83. The zero-order chi connectivity index (χ0) is 15.8. The lowest BCUT2D eigenvalue weighted by molar-refractivity contribution is 0.334. The van der Waals surface area contributed by atoms with E-state index in [-0.39, 0.29) is 17.4 Å². The summed E-state index contributed by atoms with van der Waals surface area (Å²) in [4.78, 5) is 8.48. The molecule has 0 unspecified atom stereocenters. The number of benzene rings is 1. The fraction of sp³-hybridized carbons (Fsp3) is 0.333. The Morgan fingerprint density at radius 2 is 1.76 bits per heavy atom. The van der Waals surface area contributed by atoms with E-state index in [4.69, 9.17) is 21.1 Å². The molecule has 1 heterocycles. The molecule has 1 aromatic carbocycles. The molecule has 21 heavy (non-hydrogen) atoms. The summed E-state index contributed by atoms with van der Waals surface area (Å²) in [5.41, 5.74) is 1.55. The van der Waals surface area contributed by atoms with Gasteiger partial charge in [0.25, 0.3) is 11.8 Å². The van der Waals surface area contributed by atoms with Gasteiger partial charge in [-0.2, -0.15) is 0 Å². The van der Waals surface area contributed by atoms with Crippen LogP contribution in [0.5, 0.6) is 11.8 Å². The van der Waals surface area contributed by atoms with E-state index < -0.39 is 10.0 Å². The van der Waals surface area contributed by atoms with Crippen LogP contribution in [-0.2, 0) is 10.0 Å². The average molecular weight is 332 g/mol. The third-order valence-corrected chi connectivity index (χ3v) is 3.74. The summed E-state index contributed by atoms with van der Waals surface area (Å²) >= 11 is 6.12. The Labute approximate surface area is 127 Å². The van der Waals surface area contributed by atoms with E-state index in [0.717, 1.165) is 6.26 Å². The summed E-state index contributed by atoms with van der Waals surface area (Å²) < 4.78 is 35.6. The highest BCUT2D eigenvalue weighted by Gasteiger charge is 2.18. The number of nitrogens with one attached hydrogen (secondary N) is 1. The highest BCUT2D eigenvalue weighted by atomic mass is 35.5.